The number of hydrogen-bond acceptors (Lipinski definition) is 3. The van der Waals surface area contributed by atoms with E-state index in [4.69, 9.17) is 0 Å². The second kappa shape index (κ2) is 6.15. The van der Waals surface area contributed by atoms with Gasteiger partial charge in [0.05, 0.1) is 11.3 Å². The van der Waals surface area contributed by atoms with Crippen LogP contribution < -0.4 is 5.32 Å². The van der Waals surface area contributed by atoms with E-state index in [1.165, 1.54) is 12.1 Å². The zero-order valence-electron chi connectivity index (χ0n) is 13.4. The fourth-order valence-electron chi connectivity index (χ4n) is 3.07. The van der Waals surface area contributed by atoms with E-state index in [0.29, 0.717) is 23.8 Å². The topological polar surface area (TPSA) is 42.2 Å². The molecule has 1 N–H and O–H groups in total. The number of alkyl halides is 3. The first kappa shape index (κ1) is 16.1. The molecule has 2 aromatic heterocycles. The first-order chi connectivity index (χ1) is 12.0. The van der Waals surface area contributed by atoms with Gasteiger partial charge in [0.1, 0.15) is 0 Å². The Labute approximate surface area is 142 Å². The Bertz CT molecular complexity index is 850. The molecule has 4 rings (SSSR count). The largest absolute Gasteiger partial charge is 0.416 e. The third-order valence-corrected chi connectivity index (χ3v) is 4.45. The van der Waals surface area contributed by atoms with E-state index in [2.05, 4.69) is 15.3 Å². The molecule has 1 aliphatic carbocycles. The summed E-state index contributed by atoms with van der Waals surface area (Å²) >= 11 is 0. The van der Waals surface area contributed by atoms with Crippen molar-refractivity contribution in [3.63, 3.8) is 0 Å². The lowest BCUT2D eigenvalue weighted by molar-refractivity contribution is -0.137. The van der Waals surface area contributed by atoms with Crippen LogP contribution in [0.25, 0.3) is 5.78 Å². The molecule has 0 radical (unpaired) electrons. The van der Waals surface area contributed by atoms with Crippen molar-refractivity contribution < 1.29 is 13.2 Å². The van der Waals surface area contributed by atoms with Crippen LogP contribution in [0.3, 0.4) is 0 Å². The smallest absolute Gasteiger partial charge is 0.304 e. The van der Waals surface area contributed by atoms with Crippen molar-refractivity contribution in [1.82, 2.24) is 19.7 Å². The van der Waals surface area contributed by atoms with Crippen LogP contribution in [0.5, 0.6) is 0 Å². The molecule has 0 aliphatic heterocycles. The molecule has 25 heavy (non-hydrogen) atoms. The van der Waals surface area contributed by atoms with Crippen molar-refractivity contribution >= 4 is 5.78 Å². The van der Waals surface area contributed by atoms with Gasteiger partial charge < -0.3 is 5.32 Å². The second-order valence-electron chi connectivity index (χ2n) is 6.38. The normalized spacial score (nSPS) is 16.3. The van der Waals surface area contributed by atoms with Gasteiger partial charge in [0.2, 0.25) is 5.78 Å². The number of nitrogens with zero attached hydrogens (tertiary/aromatic N) is 3. The quantitative estimate of drug-likeness (QED) is 0.760. The summed E-state index contributed by atoms with van der Waals surface area (Å²) in [5.41, 5.74) is 0.893. The molecule has 0 bridgehead atoms. The van der Waals surface area contributed by atoms with Gasteiger partial charge in [-0.05, 0) is 42.5 Å². The molecular formula is C18H17F3N4. The standard InChI is InChI=1S/C18H17F3N4/c19-18(20,21)14-4-1-3-13(9-14)16(12-5-6-12)23-10-15-11-25-8-2-7-22-17(25)24-15/h1-4,7-9,11-12,16,23H,5-6,10H2/t16-/m0/s1. The number of halogens is 3. The molecule has 1 aliphatic rings. The maximum absolute atomic E-state index is 13.0. The van der Waals surface area contributed by atoms with Crippen LogP contribution in [0.2, 0.25) is 0 Å². The molecule has 0 unspecified atom stereocenters. The summed E-state index contributed by atoms with van der Waals surface area (Å²) in [6, 6.07) is 7.32. The van der Waals surface area contributed by atoms with E-state index >= 15 is 0 Å². The summed E-state index contributed by atoms with van der Waals surface area (Å²) in [4.78, 5) is 8.60. The van der Waals surface area contributed by atoms with E-state index in [-0.39, 0.29) is 6.04 Å². The van der Waals surface area contributed by atoms with E-state index < -0.39 is 11.7 Å². The van der Waals surface area contributed by atoms with Gasteiger partial charge in [-0.2, -0.15) is 13.2 Å². The molecule has 3 aromatic rings. The average Bonchev–Trinajstić information content (AvgIpc) is 3.33. The molecule has 2 heterocycles. The minimum Gasteiger partial charge on any atom is -0.304 e. The predicted octanol–water partition coefficient (Wildman–Crippen LogP) is 3.99. The zero-order chi connectivity index (χ0) is 17.4. The predicted molar refractivity (Wildman–Crippen MR) is 86.7 cm³/mol. The monoisotopic (exact) mass is 346 g/mol. The Kier molecular flexibility index (Phi) is 3.95. The molecule has 1 saturated carbocycles. The minimum atomic E-state index is -4.32. The third kappa shape index (κ3) is 3.51. The van der Waals surface area contributed by atoms with Crippen molar-refractivity contribution in [2.75, 3.05) is 0 Å². The molecule has 0 amide bonds. The molecule has 0 saturated heterocycles. The van der Waals surface area contributed by atoms with Crippen LogP contribution in [0, 0.1) is 5.92 Å². The molecule has 4 nitrogen and oxygen atoms in total. The number of nitrogens with one attached hydrogen (secondary N) is 1. The van der Waals surface area contributed by atoms with Gasteiger partial charge in [-0.25, -0.2) is 9.97 Å². The van der Waals surface area contributed by atoms with Gasteiger partial charge in [0, 0.05) is 31.2 Å². The van der Waals surface area contributed by atoms with Gasteiger partial charge in [-0.1, -0.05) is 12.1 Å². The first-order valence-corrected chi connectivity index (χ1v) is 8.20. The van der Waals surface area contributed by atoms with Crippen molar-refractivity contribution in [3.8, 4) is 0 Å². The van der Waals surface area contributed by atoms with Gasteiger partial charge in [-0.3, -0.25) is 4.40 Å². The highest BCUT2D eigenvalue weighted by molar-refractivity contribution is 5.31. The fraction of sp³-hybridized carbons (Fsp3) is 0.333. The van der Waals surface area contributed by atoms with Crippen molar-refractivity contribution in [3.05, 3.63) is 65.7 Å². The summed E-state index contributed by atoms with van der Waals surface area (Å²) in [7, 11) is 0. The van der Waals surface area contributed by atoms with E-state index in [1.807, 2.05) is 22.9 Å². The third-order valence-electron chi connectivity index (χ3n) is 4.45. The SMILES string of the molecule is FC(F)(F)c1cccc([C@@H](NCc2cn3cccnc3n2)C2CC2)c1. The fourth-order valence-corrected chi connectivity index (χ4v) is 3.07. The van der Waals surface area contributed by atoms with Crippen molar-refractivity contribution in [2.24, 2.45) is 5.92 Å². The highest BCUT2D eigenvalue weighted by Gasteiger charge is 2.35. The average molecular weight is 346 g/mol. The van der Waals surface area contributed by atoms with Crippen molar-refractivity contribution in [1.29, 1.82) is 0 Å². The summed E-state index contributed by atoms with van der Waals surface area (Å²) < 4.78 is 40.8. The first-order valence-electron chi connectivity index (χ1n) is 8.20. The Morgan fingerprint density at radius 2 is 2.08 bits per heavy atom. The van der Waals surface area contributed by atoms with Crippen LogP contribution in [0.4, 0.5) is 13.2 Å². The van der Waals surface area contributed by atoms with Crippen LogP contribution in [-0.4, -0.2) is 14.4 Å². The Morgan fingerprint density at radius 3 is 2.80 bits per heavy atom. The van der Waals surface area contributed by atoms with Crippen molar-refractivity contribution in [2.45, 2.75) is 31.6 Å². The Balaban J connectivity index is 1.54. The van der Waals surface area contributed by atoms with E-state index in [9.17, 15) is 13.2 Å². The van der Waals surface area contributed by atoms with Gasteiger partial charge in [0.25, 0.3) is 0 Å². The number of benzene rings is 1. The zero-order valence-corrected chi connectivity index (χ0v) is 13.4. The lowest BCUT2D eigenvalue weighted by Gasteiger charge is -2.19. The highest BCUT2D eigenvalue weighted by atomic mass is 19.4. The number of aromatic nitrogens is 3. The summed E-state index contributed by atoms with van der Waals surface area (Å²) in [6.45, 7) is 0.487. The van der Waals surface area contributed by atoms with Gasteiger partial charge in [0.15, 0.2) is 0 Å². The summed E-state index contributed by atoms with van der Waals surface area (Å²) in [6.07, 6.45) is 3.16. The molecule has 130 valence electrons. The molecular weight excluding hydrogens is 329 g/mol. The second-order valence-corrected chi connectivity index (χ2v) is 6.38. The summed E-state index contributed by atoms with van der Waals surface area (Å²) in [5, 5.41) is 3.38. The number of hydrogen-bond donors (Lipinski definition) is 1. The molecule has 1 aromatic carbocycles. The van der Waals surface area contributed by atoms with Gasteiger partial charge >= 0.3 is 6.18 Å². The molecule has 1 atom stereocenters. The molecule has 0 spiro atoms. The Hall–Kier alpha value is -2.41. The van der Waals surface area contributed by atoms with Crippen LogP contribution in [0.15, 0.2) is 48.9 Å². The Morgan fingerprint density at radius 1 is 1.24 bits per heavy atom. The number of rotatable bonds is 5. The van der Waals surface area contributed by atoms with E-state index in [0.717, 1.165) is 24.6 Å². The maximum Gasteiger partial charge on any atom is 0.416 e. The highest BCUT2D eigenvalue weighted by Crippen LogP contribution is 2.42. The van der Waals surface area contributed by atoms with Crippen LogP contribution >= 0.6 is 0 Å². The van der Waals surface area contributed by atoms with Crippen LogP contribution in [-0.2, 0) is 12.7 Å². The van der Waals surface area contributed by atoms with Crippen LogP contribution in [0.1, 0.15) is 35.7 Å². The lowest BCUT2D eigenvalue weighted by atomic mass is 10.00. The van der Waals surface area contributed by atoms with E-state index in [1.54, 1.807) is 12.3 Å². The lowest BCUT2D eigenvalue weighted by Crippen LogP contribution is -2.23. The number of imidazole rings is 1. The maximum atomic E-state index is 13.0. The van der Waals surface area contributed by atoms with Gasteiger partial charge in [-0.15, -0.1) is 0 Å². The summed E-state index contributed by atoms with van der Waals surface area (Å²) in [5.74, 6) is 0.986. The minimum absolute atomic E-state index is 0.0972. The molecule has 7 heteroatoms. The number of fused-ring (bicyclic) bond motifs is 1. The molecule has 1 fully saturated rings.